The summed E-state index contributed by atoms with van der Waals surface area (Å²) in [5.41, 5.74) is 7.07. The summed E-state index contributed by atoms with van der Waals surface area (Å²) in [6.45, 7) is 2.81. The van der Waals surface area contributed by atoms with Gasteiger partial charge in [0, 0.05) is 7.11 Å². The van der Waals surface area contributed by atoms with Crippen LogP contribution >= 0.6 is 0 Å². The van der Waals surface area contributed by atoms with Crippen LogP contribution in [0.15, 0.2) is 23.4 Å². The molecule has 0 saturated carbocycles. The third-order valence-electron chi connectivity index (χ3n) is 2.13. The highest BCUT2D eigenvalue weighted by molar-refractivity contribution is 5.99. The van der Waals surface area contributed by atoms with Gasteiger partial charge in [-0.2, -0.15) is 0 Å². The molecule has 0 fully saturated rings. The number of oxime groups is 1. The van der Waals surface area contributed by atoms with Gasteiger partial charge in [-0.15, -0.1) is 0 Å². The Morgan fingerprint density at radius 1 is 1.44 bits per heavy atom. The number of amidine groups is 1. The molecule has 0 heterocycles. The van der Waals surface area contributed by atoms with Crippen LogP contribution in [0.25, 0.3) is 0 Å². The normalized spacial score (nSPS) is 11.5. The van der Waals surface area contributed by atoms with Crippen LogP contribution in [0, 0.1) is 6.92 Å². The van der Waals surface area contributed by atoms with E-state index in [1.165, 1.54) is 0 Å². The molecule has 0 aromatic heterocycles. The molecule has 0 aliphatic carbocycles. The molecule has 0 radical (unpaired) electrons. The number of hydrogen-bond donors (Lipinski definition) is 2. The van der Waals surface area contributed by atoms with Crippen LogP contribution in [0.3, 0.4) is 0 Å². The molecule has 16 heavy (non-hydrogen) atoms. The molecule has 1 aromatic rings. The smallest absolute Gasteiger partial charge is 0.173 e. The number of hydrogen-bond acceptors (Lipinski definition) is 4. The monoisotopic (exact) mass is 224 g/mol. The molecule has 0 atom stereocenters. The van der Waals surface area contributed by atoms with Crippen LogP contribution in [-0.4, -0.2) is 31.4 Å². The van der Waals surface area contributed by atoms with Crippen molar-refractivity contribution >= 4 is 5.84 Å². The summed E-state index contributed by atoms with van der Waals surface area (Å²) >= 11 is 0. The van der Waals surface area contributed by atoms with Gasteiger partial charge in [0.05, 0.1) is 12.2 Å². The molecule has 1 rings (SSSR count). The van der Waals surface area contributed by atoms with Crippen LogP contribution in [0.4, 0.5) is 0 Å². The number of methoxy groups -OCH3 is 1. The van der Waals surface area contributed by atoms with Crippen LogP contribution in [0.1, 0.15) is 11.1 Å². The minimum atomic E-state index is 0.0381. The Kier molecular flexibility index (Phi) is 4.60. The second-order valence-electron chi connectivity index (χ2n) is 3.28. The lowest BCUT2D eigenvalue weighted by molar-refractivity contribution is 0.146. The number of nitrogens with zero attached hydrogens (tertiary/aromatic N) is 1. The molecule has 0 saturated heterocycles. The van der Waals surface area contributed by atoms with Gasteiger partial charge < -0.3 is 20.4 Å². The van der Waals surface area contributed by atoms with Crippen molar-refractivity contribution in [3.8, 4) is 5.75 Å². The predicted octanol–water partition coefficient (Wildman–Crippen LogP) is 1.11. The van der Waals surface area contributed by atoms with E-state index < -0.39 is 0 Å². The molecule has 0 amide bonds. The second kappa shape index (κ2) is 5.97. The molecular formula is C11H16N2O3. The number of para-hydroxylation sites is 1. The van der Waals surface area contributed by atoms with E-state index in [1.807, 2.05) is 19.1 Å². The maximum absolute atomic E-state index is 8.66. The highest BCUT2D eigenvalue weighted by atomic mass is 16.5. The Labute approximate surface area is 94.5 Å². The number of aryl methyl sites for hydroxylation is 1. The molecule has 1 aromatic carbocycles. The van der Waals surface area contributed by atoms with E-state index in [1.54, 1.807) is 13.2 Å². The number of benzene rings is 1. The van der Waals surface area contributed by atoms with Gasteiger partial charge in [0.1, 0.15) is 12.4 Å². The van der Waals surface area contributed by atoms with Crippen molar-refractivity contribution < 1.29 is 14.7 Å². The zero-order valence-corrected chi connectivity index (χ0v) is 9.43. The standard InChI is InChI=1S/C11H16N2O3/c1-8-4-3-5-9(11(12)13-14)10(8)16-7-6-15-2/h3-5,14H,6-7H2,1-2H3,(H2,12,13). The van der Waals surface area contributed by atoms with E-state index in [9.17, 15) is 0 Å². The van der Waals surface area contributed by atoms with Crippen molar-refractivity contribution in [1.82, 2.24) is 0 Å². The van der Waals surface area contributed by atoms with Crippen molar-refractivity contribution in [1.29, 1.82) is 0 Å². The van der Waals surface area contributed by atoms with Crippen molar-refractivity contribution in [2.24, 2.45) is 10.9 Å². The van der Waals surface area contributed by atoms with Gasteiger partial charge in [0.25, 0.3) is 0 Å². The van der Waals surface area contributed by atoms with Crippen LogP contribution < -0.4 is 10.5 Å². The summed E-state index contributed by atoms with van der Waals surface area (Å²) in [5.74, 6) is 0.658. The summed E-state index contributed by atoms with van der Waals surface area (Å²) < 4.78 is 10.4. The third-order valence-corrected chi connectivity index (χ3v) is 2.13. The van der Waals surface area contributed by atoms with E-state index in [2.05, 4.69) is 5.16 Å². The molecule has 0 unspecified atom stereocenters. The average molecular weight is 224 g/mol. The van der Waals surface area contributed by atoms with E-state index in [4.69, 9.17) is 20.4 Å². The fraction of sp³-hybridized carbons (Fsp3) is 0.364. The van der Waals surface area contributed by atoms with E-state index in [0.29, 0.717) is 24.5 Å². The summed E-state index contributed by atoms with van der Waals surface area (Å²) in [4.78, 5) is 0. The number of rotatable bonds is 5. The molecular weight excluding hydrogens is 208 g/mol. The van der Waals surface area contributed by atoms with Crippen molar-refractivity contribution in [2.45, 2.75) is 6.92 Å². The van der Waals surface area contributed by atoms with Crippen LogP contribution in [-0.2, 0) is 4.74 Å². The Balaban J connectivity index is 2.95. The van der Waals surface area contributed by atoms with Crippen LogP contribution in [0.2, 0.25) is 0 Å². The predicted molar refractivity (Wildman–Crippen MR) is 61.1 cm³/mol. The van der Waals surface area contributed by atoms with Gasteiger partial charge in [-0.25, -0.2) is 0 Å². The Morgan fingerprint density at radius 2 is 2.19 bits per heavy atom. The first kappa shape index (κ1) is 12.3. The second-order valence-corrected chi connectivity index (χ2v) is 3.28. The summed E-state index contributed by atoms with van der Waals surface area (Å²) in [6.07, 6.45) is 0. The first-order valence-electron chi connectivity index (χ1n) is 4.90. The Morgan fingerprint density at radius 3 is 2.81 bits per heavy atom. The lowest BCUT2D eigenvalue weighted by Crippen LogP contribution is -2.16. The minimum absolute atomic E-state index is 0.0381. The lowest BCUT2D eigenvalue weighted by Gasteiger charge is -2.12. The van der Waals surface area contributed by atoms with Gasteiger partial charge in [-0.05, 0) is 18.6 Å². The van der Waals surface area contributed by atoms with Gasteiger partial charge in [0.2, 0.25) is 0 Å². The fourth-order valence-corrected chi connectivity index (χ4v) is 1.33. The average Bonchev–Trinajstić information content (AvgIpc) is 2.30. The summed E-state index contributed by atoms with van der Waals surface area (Å²) in [7, 11) is 1.60. The first-order valence-corrected chi connectivity index (χ1v) is 4.90. The Bertz CT molecular complexity index is 377. The molecule has 3 N–H and O–H groups in total. The summed E-state index contributed by atoms with van der Waals surface area (Å²) in [6, 6.07) is 5.46. The fourth-order valence-electron chi connectivity index (χ4n) is 1.33. The molecule has 0 aliphatic heterocycles. The molecule has 5 heteroatoms. The van der Waals surface area contributed by atoms with Crippen molar-refractivity contribution in [3.63, 3.8) is 0 Å². The van der Waals surface area contributed by atoms with E-state index in [-0.39, 0.29) is 5.84 Å². The largest absolute Gasteiger partial charge is 0.490 e. The number of ether oxygens (including phenoxy) is 2. The quantitative estimate of drug-likeness (QED) is 0.258. The third kappa shape index (κ3) is 2.87. The molecule has 0 aliphatic rings. The van der Waals surface area contributed by atoms with Crippen molar-refractivity contribution in [3.05, 3.63) is 29.3 Å². The van der Waals surface area contributed by atoms with Gasteiger partial charge in [-0.1, -0.05) is 17.3 Å². The highest BCUT2D eigenvalue weighted by Crippen LogP contribution is 2.23. The maximum Gasteiger partial charge on any atom is 0.173 e. The Hall–Kier alpha value is -1.75. The zero-order chi connectivity index (χ0) is 12.0. The molecule has 5 nitrogen and oxygen atoms in total. The molecule has 0 bridgehead atoms. The minimum Gasteiger partial charge on any atom is -0.490 e. The first-order chi connectivity index (χ1) is 7.70. The molecule has 0 spiro atoms. The maximum atomic E-state index is 8.66. The van der Waals surface area contributed by atoms with Gasteiger partial charge >= 0.3 is 0 Å². The highest BCUT2D eigenvalue weighted by Gasteiger charge is 2.10. The van der Waals surface area contributed by atoms with Crippen LogP contribution in [0.5, 0.6) is 5.75 Å². The lowest BCUT2D eigenvalue weighted by atomic mass is 10.1. The van der Waals surface area contributed by atoms with E-state index >= 15 is 0 Å². The molecule has 88 valence electrons. The van der Waals surface area contributed by atoms with Gasteiger partial charge in [0.15, 0.2) is 5.84 Å². The van der Waals surface area contributed by atoms with Crippen molar-refractivity contribution in [2.75, 3.05) is 20.3 Å². The SMILES string of the molecule is COCCOc1c(C)cccc1/C(N)=N/O. The summed E-state index contributed by atoms with van der Waals surface area (Å²) in [5, 5.41) is 11.6. The number of nitrogens with two attached hydrogens (primary N) is 1. The topological polar surface area (TPSA) is 77.1 Å². The van der Waals surface area contributed by atoms with E-state index in [0.717, 1.165) is 5.56 Å². The van der Waals surface area contributed by atoms with Gasteiger partial charge in [-0.3, -0.25) is 0 Å². The zero-order valence-electron chi connectivity index (χ0n) is 9.43.